The number of aromatic nitrogens is 2. The van der Waals surface area contributed by atoms with Gasteiger partial charge in [0, 0.05) is 25.2 Å². The maximum absolute atomic E-state index is 12.5. The van der Waals surface area contributed by atoms with Crippen LogP contribution in [0.15, 0.2) is 28.8 Å². The molecule has 1 aliphatic rings. The van der Waals surface area contributed by atoms with Crippen molar-refractivity contribution in [1.29, 1.82) is 0 Å². The number of alkyl halides is 3. The number of nitrogens with one attached hydrogen (secondary N) is 1. The predicted octanol–water partition coefficient (Wildman–Crippen LogP) is 2.30. The monoisotopic (exact) mass is 356 g/mol. The molecule has 3 rings (SSSR count). The minimum atomic E-state index is -4.67. The quantitative estimate of drug-likeness (QED) is 0.913. The Morgan fingerprint density at radius 1 is 1.20 bits per heavy atom. The first-order chi connectivity index (χ1) is 11.9. The molecule has 134 valence electrons. The van der Waals surface area contributed by atoms with Crippen LogP contribution in [0.3, 0.4) is 0 Å². The lowest BCUT2D eigenvalue weighted by Crippen LogP contribution is -2.45. The number of rotatable bonds is 3. The number of halogens is 3. The summed E-state index contributed by atoms with van der Waals surface area (Å²) in [6.07, 6.45) is -4.67. The Hall–Kier alpha value is -2.62. The van der Waals surface area contributed by atoms with Gasteiger partial charge in [0.15, 0.2) is 0 Å². The molecular weight excluding hydrogens is 341 g/mol. The van der Waals surface area contributed by atoms with Gasteiger partial charge in [0.05, 0.1) is 13.2 Å². The first-order valence-electron chi connectivity index (χ1n) is 7.54. The molecule has 25 heavy (non-hydrogen) atoms. The molecule has 2 heterocycles. The summed E-state index contributed by atoms with van der Waals surface area (Å²) in [4.78, 5) is 17.0. The van der Waals surface area contributed by atoms with E-state index in [9.17, 15) is 18.0 Å². The van der Waals surface area contributed by atoms with Gasteiger partial charge in [-0.2, -0.15) is 18.2 Å². The number of urea groups is 1. The van der Waals surface area contributed by atoms with Crippen LogP contribution < -0.4 is 5.32 Å². The second-order valence-electron chi connectivity index (χ2n) is 5.38. The summed E-state index contributed by atoms with van der Waals surface area (Å²) in [6.45, 7) is 2.43. The molecular formula is C15H15F3N4O3. The van der Waals surface area contributed by atoms with Crippen LogP contribution >= 0.6 is 0 Å². The van der Waals surface area contributed by atoms with E-state index in [0.29, 0.717) is 38.4 Å². The van der Waals surface area contributed by atoms with Crippen LogP contribution in [-0.4, -0.2) is 47.4 Å². The van der Waals surface area contributed by atoms with Gasteiger partial charge in [-0.15, -0.1) is 0 Å². The van der Waals surface area contributed by atoms with Gasteiger partial charge in [0.2, 0.25) is 5.82 Å². The largest absolute Gasteiger partial charge is 0.471 e. The van der Waals surface area contributed by atoms with Gasteiger partial charge in [-0.1, -0.05) is 29.4 Å². The van der Waals surface area contributed by atoms with Crippen molar-refractivity contribution in [2.45, 2.75) is 12.7 Å². The normalized spacial score (nSPS) is 15.2. The smallest absolute Gasteiger partial charge is 0.378 e. The lowest BCUT2D eigenvalue weighted by molar-refractivity contribution is -0.159. The van der Waals surface area contributed by atoms with Gasteiger partial charge in [-0.25, -0.2) is 4.79 Å². The Morgan fingerprint density at radius 3 is 2.48 bits per heavy atom. The molecule has 0 spiro atoms. The number of carbonyl (C=O) groups is 1. The molecule has 1 aliphatic heterocycles. The molecule has 0 bridgehead atoms. The molecule has 1 aromatic heterocycles. The number of hydrogen-bond donors (Lipinski definition) is 1. The zero-order valence-electron chi connectivity index (χ0n) is 13.0. The number of hydrogen-bond acceptors (Lipinski definition) is 5. The van der Waals surface area contributed by atoms with Crippen LogP contribution in [0, 0.1) is 0 Å². The van der Waals surface area contributed by atoms with Crippen LogP contribution in [0.5, 0.6) is 0 Å². The molecule has 1 saturated heterocycles. The van der Waals surface area contributed by atoms with E-state index in [4.69, 9.17) is 4.74 Å². The Labute approximate surface area is 140 Å². The molecule has 1 aromatic carbocycles. The van der Waals surface area contributed by atoms with E-state index in [-0.39, 0.29) is 11.9 Å². The van der Waals surface area contributed by atoms with E-state index in [2.05, 4.69) is 20.0 Å². The Kier molecular flexibility index (Phi) is 4.88. The first kappa shape index (κ1) is 17.2. The standard InChI is InChI=1S/C15H15F3N4O3/c16-15(17,18)13-20-12(21-25-13)11-3-1-10(2-4-11)9-19-14(23)22-5-7-24-8-6-22/h1-4H,5-9H2,(H,19,23). The summed E-state index contributed by atoms with van der Waals surface area (Å²) >= 11 is 0. The van der Waals surface area contributed by atoms with Crippen LogP contribution in [-0.2, 0) is 17.5 Å². The Morgan fingerprint density at radius 2 is 1.88 bits per heavy atom. The van der Waals surface area contributed by atoms with Gasteiger partial charge in [0.25, 0.3) is 0 Å². The number of carbonyl (C=O) groups excluding carboxylic acids is 1. The lowest BCUT2D eigenvalue weighted by Gasteiger charge is -2.26. The van der Waals surface area contributed by atoms with Gasteiger partial charge < -0.3 is 19.5 Å². The van der Waals surface area contributed by atoms with Crippen molar-refractivity contribution < 1.29 is 27.2 Å². The second-order valence-corrected chi connectivity index (χ2v) is 5.38. The highest BCUT2D eigenvalue weighted by Crippen LogP contribution is 2.29. The third-order valence-electron chi connectivity index (χ3n) is 3.62. The summed E-state index contributed by atoms with van der Waals surface area (Å²) in [7, 11) is 0. The molecule has 1 fully saturated rings. The van der Waals surface area contributed by atoms with Crippen molar-refractivity contribution in [1.82, 2.24) is 20.4 Å². The molecule has 10 heteroatoms. The highest BCUT2D eigenvalue weighted by Gasteiger charge is 2.38. The van der Waals surface area contributed by atoms with Crippen LogP contribution in [0.4, 0.5) is 18.0 Å². The van der Waals surface area contributed by atoms with Gasteiger partial charge >= 0.3 is 18.1 Å². The summed E-state index contributed by atoms with van der Waals surface area (Å²) in [5, 5.41) is 6.11. The zero-order valence-corrected chi connectivity index (χ0v) is 13.0. The van der Waals surface area contributed by atoms with Gasteiger partial charge in [-0.3, -0.25) is 0 Å². The van der Waals surface area contributed by atoms with Crippen molar-refractivity contribution in [2.24, 2.45) is 0 Å². The van der Waals surface area contributed by atoms with Crippen molar-refractivity contribution in [3.05, 3.63) is 35.7 Å². The summed E-state index contributed by atoms with van der Waals surface area (Å²) in [5.41, 5.74) is 1.19. The minimum Gasteiger partial charge on any atom is -0.378 e. The summed E-state index contributed by atoms with van der Waals surface area (Å²) < 4.78 is 46.8. The zero-order chi connectivity index (χ0) is 17.9. The van der Waals surface area contributed by atoms with Crippen molar-refractivity contribution in [3.63, 3.8) is 0 Å². The minimum absolute atomic E-state index is 0.142. The van der Waals surface area contributed by atoms with E-state index in [1.807, 2.05) is 0 Å². The van der Waals surface area contributed by atoms with Crippen molar-refractivity contribution >= 4 is 6.03 Å². The fraction of sp³-hybridized carbons (Fsp3) is 0.400. The van der Waals surface area contributed by atoms with Crippen LogP contribution in [0.1, 0.15) is 11.5 Å². The number of nitrogens with zero attached hydrogens (tertiary/aromatic N) is 3. The van der Waals surface area contributed by atoms with E-state index < -0.39 is 12.1 Å². The summed E-state index contributed by atoms with van der Waals surface area (Å²) in [6, 6.07) is 6.32. The Balaban J connectivity index is 1.58. The summed E-state index contributed by atoms with van der Waals surface area (Å²) in [5.74, 6) is -1.53. The van der Waals surface area contributed by atoms with E-state index in [1.165, 1.54) is 0 Å². The number of morpholine rings is 1. The molecule has 0 radical (unpaired) electrons. The molecule has 1 N–H and O–H groups in total. The van der Waals surface area contributed by atoms with E-state index >= 15 is 0 Å². The molecule has 7 nitrogen and oxygen atoms in total. The highest BCUT2D eigenvalue weighted by molar-refractivity contribution is 5.74. The molecule has 0 atom stereocenters. The average molecular weight is 356 g/mol. The highest BCUT2D eigenvalue weighted by atomic mass is 19.4. The third-order valence-corrected chi connectivity index (χ3v) is 3.62. The van der Waals surface area contributed by atoms with E-state index in [0.717, 1.165) is 5.56 Å². The SMILES string of the molecule is O=C(NCc1ccc(-c2noc(C(F)(F)F)n2)cc1)N1CCOCC1. The fourth-order valence-corrected chi connectivity index (χ4v) is 2.28. The number of amides is 2. The maximum atomic E-state index is 12.5. The molecule has 2 aromatic rings. The second kappa shape index (κ2) is 7.09. The maximum Gasteiger partial charge on any atom is 0.471 e. The van der Waals surface area contributed by atoms with E-state index in [1.54, 1.807) is 29.2 Å². The van der Waals surface area contributed by atoms with Crippen LogP contribution in [0.2, 0.25) is 0 Å². The molecule has 0 unspecified atom stereocenters. The topological polar surface area (TPSA) is 80.5 Å². The van der Waals surface area contributed by atoms with Gasteiger partial charge in [0.1, 0.15) is 0 Å². The van der Waals surface area contributed by atoms with Crippen molar-refractivity contribution in [3.8, 4) is 11.4 Å². The fourth-order valence-electron chi connectivity index (χ4n) is 2.28. The van der Waals surface area contributed by atoms with Crippen LogP contribution in [0.25, 0.3) is 11.4 Å². The average Bonchev–Trinajstić information content (AvgIpc) is 3.11. The van der Waals surface area contributed by atoms with Crippen molar-refractivity contribution in [2.75, 3.05) is 26.3 Å². The third kappa shape index (κ3) is 4.27. The molecule has 0 saturated carbocycles. The Bertz CT molecular complexity index is 724. The number of benzene rings is 1. The lowest BCUT2D eigenvalue weighted by atomic mass is 10.1. The number of ether oxygens (including phenoxy) is 1. The molecule has 2 amide bonds. The first-order valence-corrected chi connectivity index (χ1v) is 7.54. The predicted molar refractivity (Wildman–Crippen MR) is 79.4 cm³/mol. The molecule has 0 aliphatic carbocycles. The van der Waals surface area contributed by atoms with Gasteiger partial charge in [-0.05, 0) is 5.56 Å².